The van der Waals surface area contributed by atoms with Crippen LogP contribution in [0.4, 0.5) is 0 Å². The van der Waals surface area contributed by atoms with E-state index in [9.17, 15) is 0 Å². The van der Waals surface area contributed by atoms with Crippen LogP contribution in [-0.4, -0.2) is 6.22 Å². The van der Waals surface area contributed by atoms with Gasteiger partial charge in [0.05, 0.1) is 0 Å². The fourth-order valence-corrected chi connectivity index (χ4v) is 58.4. The Morgan fingerprint density at radius 1 is 0.743 bits per heavy atom. The third-order valence-electron chi connectivity index (χ3n) is 8.10. The van der Waals surface area contributed by atoms with Crippen molar-refractivity contribution in [1.82, 2.24) is 0 Å². The molecule has 2 aromatic rings. The zero-order valence-electron chi connectivity index (χ0n) is 23.0. The molecule has 4 rings (SSSR count). The molecule has 0 heterocycles. The molecule has 35 heavy (non-hydrogen) atoms. The van der Waals surface area contributed by atoms with Crippen LogP contribution in [0.1, 0.15) is 109 Å². The van der Waals surface area contributed by atoms with Crippen LogP contribution in [0.15, 0.2) is 47.5 Å². The summed E-state index contributed by atoms with van der Waals surface area (Å²) in [4.78, 5) is 0. The molecule has 0 radical (unpaired) electrons. The molecule has 0 nitrogen and oxygen atoms in total. The SMILES string of the molecule is CCC[SiH]=[Hf]([Cl])([Cl])([CH]1C(C)=Cc2c1cccc2C(C)(C)C)[CH]1C(C)=Cc2c1cccc2C(C)(C)C. The van der Waals surface area contributed by atoms with E-state index in [1.54, 1.807) is 0 Å². The maximum absolute atomic E-state index is 8.30. The van der Waals surface area contributed by atoms with E-state index in [1.165, 1.54) is 50.6 Å². The molecule has 0 spiro atoms. The van der Waals surface area contributed by atoms with Gasteiger partial charge in [-0.25, -0.2) is 0 Å². The molecule has 2 aromatic carbocycles. The van der Waals surface area contributed by atoms with Crippen molar-refractivity contribution in [2.45, 2.75) is 93.0 Å². The van der Waals surface area contributed by atoms with Crippen LogP contribution < -0.4 is 0 Å². The summed E-state index contributed by atoms with van der Waals surface area (Å²) in [6.45, 7) is 20.7. The monoisotopic (exact) mass is 692 g/mol. The molecule has 0 saturated heterocycles. The van der Waals surface area contributed by atoms with E-state index in [0.29, 0.717) is 0 Å². The van der Waals surface area contributed by atoms with E-state index in [2.05, 4.69) is 111 Å². The molecule has 0 amide bonds. The second kappa shape index (κ2) is 9.11. The summed E-state index contributed by atoms with van der Waals surface area (Å²) in [5.41, 5.74) is 11.3. The number of fused-ring (bicyclic) bond motifs is 2. The van der Waals surface area contributed by atoms with Gasteiger partial charge in [0.2, 0.25) is 0 Å². The Morgan fingerprint density at radius 2 is 1.14 bits per heavy atom. The minimum atomic E-state index is -4.67. The van der Waals surface area contributed by atoms with Gasteiger partial charge in [0.1, 0.15) is 0 Å². The average molecular weight is 692 g/mol. The van der Waals surface area contributed by atoms with E-state index >= 15 is 0 Å². The van der Waals surface area contributed by atoms with E-state index < -0.39 is 14.8 Å². The molecule has 0 saturated carbocycles. The van der Waals surface area contributed by atoms with E-state index in [4.69, 9.17) is 17.2 Å². The van der Waals surface area contributed by atoms with Crippen LogP contribution >= 0.6 is 17.2 Å². The number of hydrogen-bond acceptors (Lipinski definition) is 0. The molecule has 0 N–H and O–H groups in total. The molecule has 4 heteroatoms. The van der Waals surface area contributed by atoms with Crippen molar-refractivity contribution in [2.75, 3.05) is 0 Å². The van der Waals surface area contributed by atoms with Crippen molar-refractivity contribution in [2.24, 2.45) is 0 Å². The maximum atomic E-state index is 8.30. The second-order valence-corrected chi connectivity index (χ2v) is 62.9. The Balaban J connectivity index is 2.02. The molecular formula is C31H42Cl2HfSi. The van der Waals surface area contributed by atoms with Crippen molar-refractivity contribution in [3.05, 3.63) is 80.9 Å². The van der Waals surface area contributed by atoms with Crippen molar-refractivity contribution >= 4 is 35.5 Å². The van der Waals surface area contributed by atoms with E-state index in [-0.39, 0.29) is 24.4 Å². The zero-order valence-corrected chi connectivity index (χ0v) is 29.3. The van der Waals surface area contributed by atoms with Crippen molar-refractivity contribution < 1.29 is 14.8 Å². The van der Waals surface area contributed by atoms with Crippen LogP contribution in [0.3, 0.4) is 0 Å². The number of benzene rings is 2. The van der Waals surface area contributed by atoms with Crippen LogP contribution in [0.25, 0.3) is 12.2 Å². The molecule has 0 bridgehead atoms. The van der Waals surface area contributed by atoms with Gasteiger partial charge in [0, 0.05) is 0 Å². The first-order valence-corrected chi connectivity index (χ1v) is 33.8. The molecule has 188 valence electrons. The summed E-state index contributed by atoms with van der Waals surface area (Å²) in [6, 6.07) is 14.9. The Labute approximate surface area is 222 Å². The normalized spacial score (nSPS) is 20.3. The Hall–Kier alpha value is -0.413. The van der Waals surface area contributed by atoms with Crippen LogP contribution in [0, 0.1) is 0 Å². The molecule has 0 fully saturated rings. The Kier molecular flexibility index (Phi) is 7.18. The second-order valence-electron chi connectivity index (χ2n) is 13.0. The predicted octanol–water partition coefficient (Wildman–Crippen LogP) is 10.1. The van der Waals surface area contributed by atoms with Crippen LogP contribution in [-0.2, 0) is 25.6 Å². The van der Waals surface area contributed by atoms with Gasteiger partial charge >= 0.3 is 224 Å². The van der Waals surface area contributed by atoms with Crippen LogP contribution in [0.2, 0.25) is 6.04 Å². The number of hydrogen-bond donors (Lipinski definition) is 0. The third-order valence-corrected chi connectivity index (χ3v) is 54.9. The molecule has 0 aliphatic heterocycles. The van der Waals surface area contributed by atoms with Gasteiger partial charge in [-0.2, -0.15) is 0 Å². The van der Waals surface area contributed by atoms with Crippen molar-refractivity contribution in [3.63, 3.8) is 0 Å². The Morgan fingerprint density at radius 3 is 1.49 bits per heavy atom. The number of halogens is 2. The zero-order chi connectivity index (χ0) is 26.0. The summed E-state index contributed by atoms with van der Waals surface area (Å²) in [5, 5.41) is 0. The molecule has 2 atom stereocenters. The first-order chi connectivity index (χ1) is 16.1. The van der Waals surface area contributed by atoms with Gasteiger partial charge < -0.3 is 0 Å². The molecule has 2 aliphatic carbocycles. The van der Waals surface area contributed by atoms with Crippen LogP contribution in [0.5, 0.6) is 0 Å². The van der Waals surface area contributed by atoms with Gasteiger partial charge in [0.25, 0.3) is 0 Å². The van der Waals surface area contributed by atoms with E-state index in [1.807, 2.05) is 0 Å². The summed E-state index contributed by atoms with van der Waals surface area (Å²) in [6.07, 6.45) is 5.96. The van der Waals surface area contributed by atoms with E-state index in [0.717, 1.165) is 6.42 Å². The summed E-state index contributed by atoms with van der Waals surface area (Å²) in [7, 11) is 16.6. The molecule has 2 aliphatic rings. The van der Waals surface area contributed by atoms with Gasteiger partial charge in [-0.15, -0.1) is 0 Å². The number of rotatable bonds is 4. The van der Waals surface area contributed by atoms with Crippen molar-refractivity contribution in [1.29, 1.82) is 0 Å². The third kappa shape index (κ3) is 4.57. The molecular weight excluding hydrogens is 650 g/mol. The summed E-state index contributed by atoms with van der Waals surface area (Å²) in [5.74, 6) is 0. The quantitative estimate of drug-likeness (QED) is 0.280. The van der Waals surface area contributed by atoms with Gasteiger partial charge in [0.15, 0.2) is 0 Å². The summed E-state index contributed by atoms with van der Waals surface area (Å²) < 4.78 is 0.374. The average Bonchev–Trinajstić information content (AvgIpc) is 3.26. The fourth-order valence-electron chi connectivity index (χ4n) is 6.70. The van der Waals surface area contributed by atoms with Gasteiger partial charge in [-0.1, -0.05) is 0 Å². The molecule has 2 unspecified atom stereocenters. The Bertz CT molecular complexity index is 1220. The first kappa shape index (κ1) is 27.6. The van der Waals surface area contributed by atoms with Gasteiger partial charge in [-0.05, 0) is 0 Å². The summed E-state index contributed by atoms with van der Waals surface area (Å²) >= 11 is -4.67. The van der Waals surface area contributed by atoms with Gasteiger partial charge in [-0.3, -0.25) is 0 Å². The predicted molar refractivity (Wildman–Crippen MR) is 157 cm³/mol. The number of allylic oxidation sites excluding steroid dienone is 2. The molecule has 0 aromatic heterocycles. The first-order valence-electron chi connectivity index (χ1n) is 13.2. The topological polar surface area (TPSA) is 0 Å². The van der Waals surface area contributed by atoms with Crippen molar-refractivity contribution in [3.8, 4) is 0 Å². The minimum absolute atomic E-state index is 0.0323. The standard InChI is InChI=1S/2C14H17.C3H8Si.2ClH.Hf/c2*1-10-8-11-6-5-7-13(12(11)9-10)14(2,3)4;1-2-3-4;;;/h2*5-9H,1-4H3;4H,2-3H2,1H3;2*1H;/q;;;;;+2/p-2. The fraction of sp³-hybridized carbons (Fsp3) is 0.484.